The van der Waals surface area contributed by atoms with Crippen molar-refractivity contribution in [2.75, 3.05) is 13.7 Å². The molecule has 1 N–H and O–H groups in total. The molecule has 0 aliphatic carbocycles. The van der Waals surface area contributed by atoms with Crippen LogP contribution in [0.15, 0.2) is 29.3 Å². The Balaban J connectivity index is 2.52. The van der Waals surface area contributed by atoms with Crippen LogP contribution in [0, 0.1) is 6.92 Å². The number of aliphatic hydroxyl groups is 1. The lowest BCUT2D eigenvalue weighted by Gasteiger charge is -2.03. The summed E-state index contributed by atoms with van der Waals surface area (Å²) in [5, 5.41) is 9.19. The minimum Gasteiger partial charge on any atom is -0.497 e. The van der Waals surface area contributed by atoms with Gasteiger partial charge in [-0.1, -0.05) is 11.3 Å². The molecule has 0 fully saturated rings. The first-order chi connectivity index (χ1) is 10.1. The predicted octanol–water partition coefficient (Wildman–Crippen LogP) is 2.29. The maximum Gasteiger partial charge on any atom is 0.190 e. The number of carbonyl (C=O) groups excluding carboxylic acids is 1. The summed E-state index contributed by atoms with van der Waals surface area (Å²) >= 11 is 1.34. The van der Waals surface area contributed by atoms with Crippen molar-refractivity contribution < 1.29 is 14.6 Å². The maximum atomic E-state index is 11.6. The van der Waals surface area contributed by atoms with E-state index in [1.54, 1.807) is 14.0 Å². The molecule has 0 amide bonds. The van der Waals surface area contributed by atoms with E-state index in [2.05, 4.69) is 4.99 Å². The number of hydrogen-bond acceptors (Lipinski definition) is 5. The van der Waals surface area contributed by atoms with E-state index in [1.165, 1.54) is 11.3 Å². The lowest BCUT2D eigenvalue weighted by molar-refractivity contribution is 0.102. The van der Waals surface area contributed by atoms with Crippen LogP contribution in [0.5, 0.6) is 5.75 Å². The average Bonchev–Trinajstić information content (AvgIpc) is 2.78. The molecule has 21 heavy (non-hydrogen) atoms. The minimum absolute atomic E-state index is 0.00468. The van der Waals surface area contributed by atoms with Crippen molar-refractivity contribution in [2.45, 2.75) is 20.4 Å². The van der Waals surface area contributed by atoms with Gasteiger partial charge in [-0.3, -0.25) is 4.79 Å². The number of methoxy groups -OCH3 is 1. The number of ether oxygens (including phenoxy) is 1. The summed E-state index contributed by atoms with van der Waals surface area (Å²) in [6.07, 6.45) is 0. The quantitative estimate of drug-likeness (QED) is 0.862. The summed E-state index contributed by atoms with van der Waals surface area (Å²) in [6.45, 7) is 3.84. The van der Waals surface area contributed by atoms with Crippen LogP contribution in [0.2, 0.25) is 0 Å². The molecule has 1 aromatic heterocycles. The Hall–Kier alpha value is -1.92. The van der Waals surface area contributed by atoms with Crippen molar-refractivity contribution in [1.29, 1.82) is 0 Å². The number of ketones is 1. The van der Waals surface area contributed by atoms with Gasteiger partial charge in [-0.05, 0) is 31.2 Å². The third-order valence-corrected chi connectivity index (χ3v) is 4.38. The Bertz CT molecular complexity index is 699. The highest BCUT2D eigenvalue weighted by Gasteiger charge is 2.13. The van der Waals surface area contributed by atoms with Gasteiger partial charge in [-0.25, -0.2) is 4.99 Å². The van der Waals surface area contributed by atoms with Crippen LogP contribution in [0.3, 0.4) is 0 Å². The fraction of sp³-hybridized carbons (Fsp3) is 0.333. The highest BCUT2D eigenvalue weighted by Crippen LogP contribution is 2.18. The summed E-state index contributed by atoms with van der Waals surface area (Å²) in [6, 6.07) is 7.37. The van der Waals surface area contributed by atoms with Crippen LogP contribution < -0.4 is 9.54 Å². The summed E-state index contributed by atoms with van der Waals surface area (Å²) in [5.74, 6) is 0.782. The van der Waals surface area contributed by atoms with E-state index in [0.29, 0.717) is 16.2 Å². The van der Waals surface area contributed by atoms with Crippen LogP contribution in [0.4, 0.5) is 5.69 Å². The number of aliphatic hydroxyl groups excluding tert-OH is 1. The molecule has 0 bridgehead atoms. The second-order valence-corrected chi connectivity index (χ2v) is 5.52. The molecule has 0 spiro atoms. The van der Waals surface area contributed by atoms with Crippen LogP contribution in [-0.4, -0.2) is 29.2 Å². The maximum absolute atomic E-state index is 11.6. The van der Waals surface area contributed by atoms with Crippen molar-refractivity contribution in [3.8, 4) is 5.75 Å². The van der Waals surface area contributed by atoms with E-state index in [-0.39, 0.29) is 12.4 Å². The second-order valence-electron chi connectivity index (χ2n) is 4.54. The molecule has 0 atom stereocenters. The molecule has 2 rings (SSSR count). The molecule has 6 heteroatoms. The lowest BCUT2D eigenvalue weighted by atomic mass is 10.3. The smallest absolute Gasteiger partial charge is 0.190 e. The average molecular weight is 306 g/mol. The molecule has 1 aromatic carbocycles. The van der Waals surface area contributed by atoms with Gasteiger partial charge in [-0.15, -0.1) is 0 Å². The zero-order valence-corrected chi connectivity index (χ0v) is 13.1. The SMILES string of the molecule is COc1ccc(N=c2sc(C(C)=O)c(C)n2CCO)cc1. The first kappa shape index (κ1) is 15.5. The molecule has 1 heterocycles. The fourth-order valence-electron chi connectivity index (χ4n) is 2.03. The fourth-order valence-corrected chi connectivity index (χ4v) is 3.10. The first-order valence-corrected chi connectivity index (χ1v) is 7.39. The van der Waals surface area contributed by atoms with E-state index < -0.39 is 0 Å². The standard InChI is InChI=1S/C15H18N2O3S/c1-10-14(11(2)19)21-15(17(10)8-9-18)16-12-4-6-13(20-3)7-5-12/h4-7,18H,8-9H2,1-3H3. The summed E-state index contributed by atoms with van der Waals surface area (Å²) in [5.41, 5.74) is 1.62. The lowest BCUT2D eigenvalue weighted by Crippen LogP contribution is -2.18. The van der Waals surface area contributed by atoms with Crippen molar-refractivity contribution in [3.05, 3.63) is 39.6 Å². The molecule has 0 saturated carbocycles. The molecule has 0 radical (unpaired) electrons. The van der Waals surface area contributed by atoms with E-state index in [9.17, 15) is 9.90 Å². The molecule has 0 saturated heterocycles. The number of nitrogens with zero attached hydrogens (tertiary/aromatic N) is 2. The topological polar surface area (TPSA) is 63.8 Å². The third kappa shape index (κ3) is 3.40. The van der Waals surface area contributed by atoms with Crippen molar-refractivity contribution in [3.63, 3.8) is 0 Å². The number of rotatable bonds is 5. The van der Waals surface area contributed by atoms with Crippen LogP contribution in [-0.2, 0) is 6.54 Å². The number of carbonyl (C=O) groups is 1. The Morgan fingerprint density at radius 1 is 1.38 bits per heavy atom. The first-order valence-electron chi connectivity index (χ1n) is 6.57. The summed E-state index contributed by atoms with van der Waals surface area (Å²) in [7, 11) is 1.61. The van der Waals surface area contributed by atoms with Crippen LogP contribution in [0.1, 0.15) is 22.3 Å². The van der Waals surface area contributed by atoms with E-state index in [1.807, 2.05) is 35.8 Å². The Morgan fingerprint density at radius 3 is 2.57 bits per heavy atom. The molecule has 2 aromatic rings. The Labute approximate surface area is 127 Å². The van der Waals surface area contributed by atoms with Crippen LogP contribution in [0.25, 0.3) is 0 Å². The normalized spacial score (nSPS) is 11.7. The second kappa shape index (κ2) is 6.69. The molecule has 112 valence electrons. The number of benzene rings is 1. The molecule has 5 nitrogen and oxygen atoms in total. The monoisotopic (exact) mass is 306 g/mol. The van der Waals surface area contributed by atoms with Gasteiger partial charge in [0, 0.05) is 19.2 Å². The number of hydrogen-bond donors (Lipinski definition) is 1. The van der Waals surface area contributed by atoms with Gasteiger partial charge < -0.3 is 14.4 Å². The zero-order chi connectivity index (χ0) is 15.4. The zero-order valence-electron chi connectivity index (χ0n) is 12.3. The molecule has 0 unspecified atom stereocenters. The van der Waals surface area contributed by atoms with E-state index in [0.717, 1.165) is 17.1 Å². The van der Waals surface area contributed by atoms with Crippen LogP contribution >= 0.6 is 11.3 Å². The molecule has 0 aliphatic rings. The van der Waals surface area contributed by atoms with Crippen molar-refractivity contribution in [1.82, 2.24) is 4.57 Å². The van der Waals surface area contributed by atoms with Gasteiger partial charge in [0.05, 0.1) is 24.3 Å². The molecular formula is C15H18N2O3S. The largest absolute Gasteiger partial charge is 0.497 e. The molecular weight excluding hydrogens is 288 g/mol. The third-order valence-electron chi connectivity index (χ3n) is 3.10. The molecule has 0 aliphatic heterocycles. The summed E-state index contributed by atoms with van der Waals surface area (Å²) in [4.78, 5) is 17.6. The van der Waals surface area contributed by atoms with E-state index in [4.69, 9.17) is 4.74 Å². The number of aromatic nitrogens is 1. The Kier molecular flexibility index (Phi) is 4.93. The highest BCUT2D eigenvalue weighted by molar-refractivity contribution is 7.11. The van der Waals surface area contributed by atoms with Crippen molar-refractivity contribution in [2.24, 2.45) is 4.99 Å². The van der Waals surface area contributed by atoms with E-state index >= 15 is 0 Å². The Morgan fingerprint density at radius 2 is 2.05 bits per heavy atom. The van der Waals surface area contributed by atoms with Crippen molar-refractivity contribution >= 4 is 22.8 Å². The highest BCUT2D eigenvalue weighted by atomic mass is 32.1. The van der Waals surface area contributed by atoms with Gasteiger partial charge >= 0.3 is 0 Å². The predicted molar refractivity (Wildman–Crippen MR) is 82.4 cm³/mol. The van der Waals surface area contributed by atoms with Gasteiger partial charge in [0.1, 0.15) is 5.75 Å². The van der Waals surface area contributed by atoms with Gasteiger partial charge in [0.15, 0.2) is 10.6 Å². The number of thiazole rings is 1. The van der Waals surface area contributed by atoms with Gasteiger partial charge in [-0.2, -0.15) is 0 Å². The minimum atomic E-state index is 0.00468. The summed E-state index contributed by atoms with van der Waals surface area (Å²) < 4.78 is 6.98. The number of Topliss-reactive ketones (excluding diaryl/α,β-unsaturated/α-hetero) is 1. The van der Waals surface area contributed by atoms with Gasteiger partial charge in [0.2, 0.25) is 0 Å². The van der Waals surface area contributed by atoms with Gasteiger partial charge in [0.25, 0.3) is 0 Å².